The molecule has 0 heterocycles. The highest BCUT2D eigenvalue weighted by atomic mass is 19.4. The van der Waals surface area contributed by atoms with Gasteiger partial charge in [-0.15, -0.1) is 0 Å². The van der Waals surface area contributed by atoms with Crippen molar-refractivity contribution in [1.29, 1.82) is 0 Å². The van der Waals surface area contributed by atoms with E-state index in [4.69, 9.17) is 9.47 Å². The molecule has 0 spiro atoms. The Balaban J connectivity index is 1.51. The molecule has 0 aliphatic rings. The summed E-state index contributed by atoms with van der Waals surface area (Å²) in [6.45, 7) is 4.67. The van der Waals surface area contributed by atoms with Crippen molar-refractivity contribution >= 4 is 11.9 Å². The maximum Gasteiger partial charge on any atom is 0.425 e. The van der Waals surface area contributed by atoms with Crippen LogP contribution in [0.4, 0.5) is 22.0 Å². The third-order valence-electron chi connectivity index (χ3n) is 8.45. The van der Waals surface area contributed by atoms with E-state index < -0.39 is 47.8 Å². The molecule has 274 valence electrons. The van der Waals surface area contributed by atoms with Gasteiger partial charge in [0.05, 0.1) is 17.7 Å². The lowest BCUT2D eigenvalue weighted by Gasteiger charge is -2.21. The first-order chi connectivity index (χ1) is 24.0. The summed E-state index contributed by atoms with van der Waals surface area (Å²) in [7, 11) is 0. The number of hydrogen-bond acceptors (Lipinski definition) is 5. The zero-order valence-corrected chi connectivity index (χ0v) is 29.1. The van der Waals surface area contributed by atoms with Crippen LogP contribution in [0.5, 0.6) is 11.5 Å². The van der Waals surface area contributed by atoms with Gasteiger partial charge in [0.25, 0.3) is 0 Å². The summed E-state index contributed by atoms with van der Waals surface area (Å²) in [5.41, 5.74) is 0.623. The summed E-state index contributed by atoms with van der Waals surface area (Å²) in [4.78, 5) is 25.2. The van der Waals surface area contributed by atoms with Gasteiger partial charge in [0.2, 0.25) is 0 Å². The zero-order chi connectivity index (χ0) is 36.4. The first-order valence-corrected chi connectivity index (χ1v) is 17.9. The Labute approximate surface area is 292 Å². The molecular formula is C40H49F5O5. The lowest BCUT2D eigenvalue weighted by molar-refractivity contribution is -0.206. The van der Waals surface area contributed by atoms with Crippen LogP contribution in [0.1, 0.15) is 131 Å². The van der Waals surface area contributed by atoms with Crippen molar-refractivity contribution in [2.75, 3.05) is 6.61 Å². The predicted molar refractivity (Wildman–Crippen MR) is 185 cm³/mol. The molecule has 0 aromatic heterocycles. The smallest absolute Gasteiger partial charge is 0.425 e. The molecule has 10 heteroatoms. The quantitative estimate of drug-likeness (QED) is 0.0451. The molecular weight excluding hydrogens is 655 g/mol. The van der Waals surface area contributed by atoms with Gasteiger partial charge in [-0.2, -0.15) is 13.2 Å². The van der Waals surface area contributed by atoms with Crippen LogP contribution < -0.4 is 9.47 Å². The molecule has 0 aliphatic carbocycles. The first kappa shape index (κ1) is 40.5. The molecule has 0 fully saturated rings. The fraction of sp³-hybridized carbons (Fsp3) is 0.500. The molecule has 3 aromatic rings. The molecule has 0 N–H and O–H groups in total. The zero-order valence-electron chi connectivity index (χ0n) is 29.1. The van der Waals surface area contributed by atoms with Crippen LogP contribution >= 0.6 is 0 Å². The van der Waals surface area contributed by atoms with Crippen molar-refractivity contribution in [3.8, 4) is 22.6 Å². The Morgan fingerprint density at radius 3 is 1.80 bits per heavy atom. The highest BCUT2D eigenvalue weighted by Gasteiger charge is 2.42. The van der Waals surface area contributed by atoms with Crippen LogP contribution in [0.3, 0.4) is 0 Å². The highest BCUT2D eigenvalue weighted by Crippen LogP contribution is 2.30. The van der Waals surface area contributed by atoms with Gasteiger partial charge in [-0.1, -0.05) is 109 Å². The normalized spacial score (nSPS) is 12.1. The number of carbonyl (C=O) groups is 2. The molecule has 50 heavy (non-hydrogen) atoms. The highest BCUT2D eigenvalue weighted by molar-refractivity contribution is 5.92. The van der Waals surface area contributed by atoms with Gasteiger partial charge in [-0.25, -0.2) is 18.4 Å². The lowest BCUT2D eigenvalue weighted by atomic mass is 10.0. The van der Waals surface area contributed by atoms with Crippen molar-refractivity contribution in [3.63, 3.8) is 0 Å². The van der Waals surface area contributed by atoms with Crippen molar-refractivity contribution < 1.29 is 45.8 Å². The fourth-order valence-corrected chi connectivity index (χ4v) is 5.50. The van der Waals surface area contributed by atoms with Gasteiger partial charge in [0.1, 0.15) is 11.6 Å². The maximum absolute atomic E-state index is 14.8. The number of unbranched alkanes of at least 4 members (excludes halogenated alkanes) is 12. The molecule has 0 saturated heterocycles. The largest absolute Gasteiger partial charge is 0.491 e. The third-order valence-corrected chi connectivity index (χ3v) is 8.45. The molecule has 5 nitrogen and oxygen atoms in total. The third kappa shape index (κ3) is 13.8. The number of rotatable bonds is 22. The van der Waals surface area contributed by atoms with E-state index in [1.54, 1.807) is 24.3 Å². The summed E-state index contributed by atoms with van der Waals surface area (Å²) >= 11 is 0. The van der Waals surface area contributed by atoms with E-state index in [-0.39, 0.29) is 23.5 Å². The SMILES string of the molecule is CCCCCCCCCCOc1ccc(-c2ccc(C(=O)Oc3ccc(C(=O)OC(CCCCCCCC)C(F)(F)F)c(F)c3)cc2)cc1F. The summed E-state index contributed by atoms with van der Waals surface area (Å²) in [6.07, 6.45) is 6.23. The van der Waals surface area contributed by atoms with Crippen LogP contribution in [-0.2, 0) is 4.74 Å². The minimum absolute atomic E-state index is 0.117. The molecule has 3 aromatic carbocycles. The maximum atomic E-state index is 14.8. The standard InChI is InChI=1S/C40H49F5O5/c1-3-5-7-9-11-12-14-16-26-48-36-25-22-31(27-35(36)42)29-18-20-30(21-19-29)38(46)49-32-23-24-33(34(41)28-32)39(47)50-37(40(43,44)45)17-15-13-10-8-6-4-2/h18-25,27-28,37H,3-17,26H2,1-2H3. The number of benzene rings is 3. The Morgan fingerprint density at radius 1 is 0.640 bits per heavy atom. The fourth-order valence-electron chi connectivity index (χ4n) is 5.50. The second-order valence-corrected chi connectivity index (χ2v) is 12.6. The molecule has 3 rings (SSSR count). The number of carbonyl (C=O) groups excluding carboxylic acids is 2. The van der Waals surface area contributed by atoms with Gasteiger partial charge in [0.15, 0.2) is 17.7 Å². The van der Waals surface area contributed by atoms with E-state index in [9.17, 15) is 31.5 Å². The van der Waals surface area contributed by atoms with Crippen molar-refractivity contribution in [1.82, 2.24) is 0 Å². The van der Waals surface area contributed by atoms with Crippen LogP contribution in [0.2, 0.25) is 0 Å². The van der Waals surface area contributed by atoms with Gasteiger partial charge in [-0.05, 0) is 66.8 Å². The lowest BCUT2D eigenvalue weighted by Crippen LogP contribution is -2.34. The second-order valence-electron chi connectivity index (χ2n) is 12.6. The average Bonchev–Trinajstić information content (AvgIpc) is 3.08. The van der Waals surface area contributed by atoms with Crippen molar-refractivity contribution in [2.45, 2.75) is 122 Å². The molecule has 0 aliphatic heterocycles. The summed E-state index contributed by atoms with van der Waals surface area (Å²) in [6, 6.07) is 13.5. The topological polar surface area (TPSA) is 61.8 Å². The monoisotopic (exact) mass is 704 g/mol. The summed E-state index contributed by atoms with van der Waals surface area (Å²) in [5, 5.41) is 0. The molecule has 1 unspecified atom stereocenters. The van der Waals surface area contributed by atoms with E-state index in [1.807, 2.05) is 6.92 Å². The van der Waals surface area contributed by atoms with Crippen LogP contribution in [-0.4, -0.2) is 30.8 Å². The van der Waals surface area contributed by atoms with Crippen LogP contribution in [0.15, 0.2) is 60.7 Å². The Kier molecular flexibility index (Phi) is 17.3. The number of ether oxygens (including phenoxy) is 3. The van der Waals surface area contributed by atoms with E-state index in [1.165, 1.54) is 50.3 Å². The molecule has 1 atom stereocenters. The molecule has 0 saturated carbocycles. The van der Waals surface area contributed by atoms with Gasteiger partial charge >= 0.3 is 18.1 Å². The van der Waals surface area contributed by atoms with Crippen molar-refractivity contribution in [3.05, 3.63) is 83.4 Å². The Morgan fingerprint density at radius 2 is 1.22 bits per heavy atom. The number of esters is 2. The minimum atomic E-state index is -4.79. The number of halogens is 5. The molecule has 0 amide bonds. The van der Waals surface area contributed by atoms with Gasteiger partial charge in [-0.3, -0.25) is 0 Å². The van der Waals surface area contributed by atoms with Gasteiger partial charge in [0, 0.05) is 6.07 Å². The van der Waals surface area contributed by atoms with Crippen LogP contribution in [0.25, 0.3) is 11.1 Å². The summed E-state index contributed by atoms with van der Waals surface area (Å²) in [5.74, 6) is -4.05. The average molecular weight is 705 g/mol. The van der Waals surface area contributed by atoms with Crippen molar-refractivity contribution in [2.24, 2.45) is 0 Å². The molecule has 0 radical (unpaired) electrons. The predicted octanol–water partition coefficient (Wildman–Crippen LogP) is 12.2. The Bertz CT molecular complexity index is 1470. The summed E-state index contributed by atoms with van der Waals surface area (Å²) < 4.78 is 85.6. The van der Waals surface area contributed by atoms with E-state index in [0.717, 1.165) is 63.1 Å². The first-order valence-electron chi connectivity index (χ1n) is 17.9. The number of hydrogen-bond donors (Lipinski definition) is 0. The minimum Gasteiger partial charge on any atom is -0.491 e. The number of alkyl halides is 3. The van der Waals surface area contributed by atoms with E-state index in [0.29, 0.717) is 24.2 Å². The molecule has 0 bridgehead atoms. The van der Waals surface area contributed by atoms with E-state index >= 15 is 0 Å². The van der Waals surface area contributed by atoms with Crippen LogP contribution in [0, 0.1) is 11.6 Å². The van der Waals surface area contributed by atoms with E-state index in [2.05, 4.69) is 11.7 Å². The second kappa shape index (κ2) is 21.3. The van der Waals surface area contributed by atoms with Gasteiger partial charge < -0.3 is 14.2 Å². The Hall–Kier alpha value is -3.95.